The predicted octanol–water partition coefficient (Wildman–Crippen LogP) is 5.03. The molecule has 0 atom stereocenters. The van der Waals surface area contributed by atoms with Crippen LogP contribution in [0, 0.1) is 0 Å². The van der Waals surface area contributed by atoms with Gasteiger partial charge in [-0.2, -0.15) is 0 Å². The van der Waals surface area contributed by atoms with Gasteiger partial charge in [-0.25, -0.2) is 0 Å². The molecule has 0 heterocycles. The van der Waals surface area contributed by atoms with E-state index in [1.807, 2.05) is 36.4 Å². The highest BCUT2D eigenvalue weighted by atomic mass is 16.3. The normalized spacial score (nSPS) is 10.8. The molecule has 0 unspecified atom stereocenters. The zero-order valence-electron chi connectivity index (χ0n) is 17.3. The summed E-state index contributed by atoms with van der Waals surface area (Å²) in [6.07, 6.45) is 2.22. The van der Waals surface area contributed by atoms with Gasteiger partial charge in [0.1, 0.15) is 11.5 Å². The van der Waals surface area contributed by atoms with Gasteiger partial charge in [-0.05, 0) is 89.0 Å². The van der Waals surface area contributed by atoms with E-state index >= 15 is 0 Å². The van der Waals surface area contributed by atoms with E-state index in [0.717, 1.165) is 40.0 Å². The van der Waals surface area contributed by atoms with E-state index < -0.39 is 0 Å². The number of benzene rings is 4. The first-order valence-electron chi connectivity index (χ1n) is 10.3. The first kappa shape index (κ1) is 20.4. The summed E-state index contributed by atoms with van der Waals surface area (Å²) in [7, 11) is 0. The molecule has 0 radical (unpaired) electrons. The molecule has 0 saturated heterocycles. The van der Waals surface area contributed by atoms with Crippen molar-refractivity contribution in [3.63, 3.8) is 0 Å². The lowest BCUT2D eigenvalue weighted by Crippen LogP contribution is -2.00. The molecule has 0 aliphatic heterocycles. The Morgan fingerprint density at radius 2 is 0.806 bits per heavy atom. The molecule has 31 heavy (non-hydrogen) atoms. The van der Waals surface area contributed by atoms with Crippen LogP contribution >= 0.6 is 0 Å². The van der Waals surface area contributed by atoms with E-state index in [1.165, 1.54) is 11.1 Å². The molecule has 6 N–H and O–H groups in total. The molecule has 4 aromatic rings. The topological polar surface area (TPSA) is 92.5 Å². The Bertz CT molecular complexity index is 1090. The Hall–Kier alpha value is -3.92. The second kappa shape index (κ2) is 8.84. The smallest absolute Gasteiger partial charge is 0.115 e. The van der Waals surface area contributed by atoms with E-state index in [2.05, 4.69) is 24.3 Å². The van der Waals surface area contributed by atoms with Crippen molar-refractivity contribution in [2.75, 3.05) is 11.5 Å². The van der Waals surface area contributed by atoms with Crippen LogP contribution in [0.25, 0.3) is 0 Å². The van der Waals surface area contributed by atoms with Crippen molar-refractivity contribution in [3.05, 3.63) is 118 Å². The molecule has 0 bridgehead atoms. The van der Waals surface area contributed by atoms with Crippen LogP contribution in [0.3, 0.4) is 0 Å². The van der Waals surface area contributed by atoms with Gasteiger partial charge in [0, 0.05) is 11.4 Å². The minimum atomic E-state index is 0.261. The number of phenols is 2. The van der Waals surface area contributed by atoms with Crippen molar-refractivity contribution < 1.29 is 10.2 Å². The molecule has 4 heteroatoms. The van der Waals surface area contributed by atoms with Gasteiger partial charge in [0.15, 0.2) is 0 Å². The fourth-order valence-corrected chi connectivity index (χ4v) is 3.75. The van der Waals surface area contributed by atoms with Gasteiger partial charge >= 0.3 is 0 Å². The van der Waals surface area contributed by atoms with Crippen LogP contribution in [0.2, 0.25) is 0 Å². The average Bonchev–Trinajstić information content (AvgIpc) is 2.76. The number of anilines is 2. The molecule has 0 amide bonds. The molecule has 0 saturated carbocycles. The Kier molecular flexibility index (Phi) is 5.80. The van der Waals surface area contributed by atoms with E-state index in [1.54, 1.807) is 24.3 Å². The number of aromatic hydroxyl groups is 2. The van der Waals surface area contributed by atoms with Crippen molar-refractivity contribution in [2.45, 2.75) is 19.3 Å². The average molecular weight is 411 g/mol. The van der Waals surface area contributed by atoms with Crippen LogP contribution in [0.4, 0.5) is 11.4 Å². The Balaban J connectivity index is 1.53. The summed E-state index contributed by atoms with van der Waals surface area (Å²) in [5.41, 5.74) is 20.7. The summed E-state index contributed by atoms with van der Waals surface area (Å²) in [5, 5.41) is 19.0. The SMILES string of the molecule is Nc1ccc(Cc2ccc(N)c(Cc3ccc(O)cc3)c2)cc1Cc1ccc(O)cc1. The molecule has 4 nitrogen and oxygen atoms in total. The third-order valence-electron chi connectivity index (χ3n) is 5.48. The van der Waals surface area contributed by atoms with Crippen LogP contribution in [0.5, 0.6) is 11.5 Å². The number of rotatable bonds is 6. The van der Waals surface area contributed by atoms with Crippen LogP contribution in [0.15, 0.2) is 84.9 Å². The van der Waals surface area contributed by atoms with Crippen molar-refractivity contribution in [1.29, 1.82) is 0 Å². The minimum absolute atomic E-state index is 0.261. The van der Waals surface area contributed by atoms with Crippen molar-refractivity contribution in [3.8, 4) is 11.5 Å². The lowest BCUT2D eigenvalue weighted by Gasteiger charge is -2.12. The van der Waals surface area contributed by atoms with Gasteiger partial charge in [0.25, 0.3) is 0 Å². The number of hydrogen-bond donors (Lipinski definition) is 4. The van der Waals surface area contributed by atoms with Crippen molar-refractivity contribution >= 4 is 11.4 Å². The Morgan fingerprint density at radius 1 is 0.452 bits per heavy atom. The molecule has 0 aromatic heterocycles. The molecule has 4 aromatic carbocycles. The van der Waals surface area contributed by atoms with Gasteiger partial charge in [0.2, 0.25) is 0 Å². The summed E-state index contributed by atoms with van der Waals surface area (Å²) in [6.45, 7) is 0. The first-order valence-corrected chi connectivity index (χ1v) is 10.3. The molecule has 156 valence electrons. The van der Waals surface area contributed by atoms with Gasteiger partial charge in [-0.3, -0.25) is 0 Å². The van der Waals surface area contributed by atoms with Gasteiger partial charge in [-0.1, -0.05) is 48.5 Å². The highest BCUT2D eigenvalue weighted by Crippen LogP contribution is 2.24. The number of nitrogen functional groups attached to an aromatic ring is 2. The molecular weight excluding hydrogens is 384 g/mol. The summed E-state index contributed by atoms with van der Waals surface area (Å²) >= 11 is 0. The van der Waals surface area contributed by atoms with Crippen LogP contribution in [-0.2, 0) is 19.3 Å². The highest BCUT2D eigenvalue weighted by Gasteiger charge is 2.07. The fraction of sp³-hybridized carbons (Fsp3) is 0.111. The fourth-order valence-electron chi connectivity index (χ4n) is 3.75. The maximum atomic E-state index is 9.49. The third-order valence-corrected chi connectivity index (χ3v) is 5.48. The van der Waals surface area contributed by atoms with Crippen LogP contribution in [-0.4, -0.2) is 10.2 Å². The first-order chi connectivity index (χ1) is 15.0. The molecule has 0 aliphatic carbocycles. The summed E-state index contributed by atoms with van der Waals surface area (Å²) in [6, 6.07) is 26.8. The van der Waals surface area contributed by atoms with E-state index in [4.69, 9.17) is 11.5 Å². The maximum Gasteiger partial charge on any atom is 0.115 e. The van der Waals surface area contributed by atoms with E-state index in [0.29, 0.717) is 12.8 Å². The van der Waals surface area contributed by atoms with E-state index in [-0.39, 0.29) is 11.5 Å². The number of nitrogens with two attached hydrogens (primary N) is 2. The zero-order chi connectivity index (χ0) is 21.8. The van der Waals surface area contributed by atoms with Crippen LogP contribution < -0.4 is 11.5 Å². The minimum Gasteiger partial charge on any atom is -0.508 e. The van der Waals surface area contributed by atoms with Gasteiger partial charge in [-0.15, -0.1) is 0 Å². The monoisotopic (exact) mass is 410 g/mol. The zero-order valence-corrected chi connectivity index (χ0v) is 17.3. The van der Waals surface area contributed by atoms with Crippen molar-refractivity contribution in [1.82, 2.24) is 0 Å². The molecule has 0 spiro atoms. The standard InChI is InChI=1S/C27H26N2O2/c28-26-11-5-20(16-22(26)14-18-1-7-24(30)8-2-18)13-21-6-12-27(29)23(17-21)15-19-3-9-25(31)10-4-19/h1-12,16-17,30-31H,13-15,28-29H2. The Morgan fingerprint density at radius 3 is 1.19 bits per heavy atom. The molecule has 4 rings (SSSR count). The second-order valence-corrected chi connectivity index (χ2v) is 7.93. The Labute approximate surface area is 182 Å². The molecule has 0 fully saturated rings. The van der Waals surface area contributed by atoms with Crippen molar-refractivity contribution in [2.24, 2.45) is 0 Å². The van der Waals surface area contributed by atoms with Gasteiger partial charge < -0.3 is 21.7 Å². The second-order valence-electron chi connectivity index (χ2n) is 7.93. The highest BCUT2D eigenvalue weighted by molar-refractivity contribution is 5.54. The number of hydrogen-bond acceptors (Lipinski definition) is 4. The maximum absolute atomic E-state index is 9.49. The summed E-state index contributed by atoms with van der Waals surface area (Å²) in [4.78, 5) is 0. The summed E-state index contributed by atoms with van der Waals surface area (Å²) < 4.78 is 0. The van der Waals surface area contributed by atoms with Crippen LogP contribution in [0.1, 0.15) is 33.4 Å². The summed E-state index contributed by atoms with van der Waals surface area (Å²) in [5.74, 6) is 0.522. The number of phenolic OH excluding ortho intramolecular Hbond substituents is 2. The molecule has 0 aliphatic rings. The lowest BCUT2D eigenvalue weighted by molar-refractivity contribution is 0.474. The molecular formula is C27H26N2O2. The predicted molar refractivity (Wildman–Crippen MR) is 126 cm³/mol. The van der Waals surface area contributed by atoms with Gasteiger partial charge in [0.05, 0.1) is 0 Å². The van der Waals surface area contributed by atoms with E-state index in [9.17, 15) is 10.2 Å². The largest absolute Gasteiger partial charge is 0.508 e. The third kappa shape index (κ3) is 5.17. The quantitative estimate of drug-likeness (QED) is 0.335. The lowest BCUT2D eigenvalue weighted by atomic mass is 9.95.